The van der Waals surface area contributed by atoms with Crippen molar-refractivity contribution in [3.8, 4) is 5.75 Å². The second-order valence-corrected chi connectivity index (χ2v) is 9.17. The number of methoxy groups -OCH3 is 1. The van der Waals surface area contributed by atoms with E-state index in [0.29, 0.717) is 33.1 Å². The van der Waals surface area contributed by atoms with E-state index in [2.05, 4.69) is 15.5 Å². The van der Waals surface area contributed by atoms with E-state index in [9.17, 15) is 9.59 Å². The number of aryl methyl sites for hydroxylation is 1. The smallest absolute Gasteiger partial charge is 0.266 e. The van der Waals surface area contributed by atoms with Crippen LogP contribution in [0.1, 0.15) is 29.3 Å². The number of ether oxygens (including phenoxy) is 1. The highest BCUT2D eigenvalue weighted by Gasteiger charge is 2.32. The van der Waals surface area contributed by atoms with Crippen molar-refractivity contribution in [2.24, 2.45) is 0 Å². The van der Waals surface area contributed by atoms with E-state index in [-0.39, 0.29) is 24.8 Å². The topological polar surface area (TPSA) is 97.6 Å². The highest BCUT2D eigenvalue weighted by molar-refractivity contribution is 8.26. The van der Waals surface area contributed by atoms with Crippen LogP contribution in [0.15, 0.2) is 57.9 Å². The number of nitrogens with zero attached hydrogens (tertiary/aromatic N) is 3. The SMILES string of the molecule is COc1ccc(/C=C2\SC(=S)N(CCC(=O)Nc3ccc(Cc4nnc(C)o4)cc3)C2=O)cc1. The van der Waals surface area contributed by atoms with Crippen molar-refractivity contribution in [1.29, 1.82) is 0 Å². The molecule has 0 radical (unpaired) electrons. The lowest BCUT2D eigenvalue weighted by Crippen LogP contribution is -2.31. The van der Waals surface area contributed by atoms with E-state index in [0.717, 1.165) is 16.9 Å². The van der Waals surface area contributed by atoms with Crippen LogP contribution in [0.25, 0.3) is 6.08 Å². The fourth-order valence-electron chi connectivity index (χ4n) is 3.27. The number of hydrogen-bond donors (Lipinski definition) is 1. The average Bonchev–Trinajstić information content (AvgIpc) is 3.35. The summed E-state index contributed by atoms with van der Waals surface area (Å²) in [5.74, 6) is 1.41. The summed E-state index contributed by atoms with van der Waals surface area (Å²) in [6.45, 7) is 1.96. The van der Waals surface area contributed by atoms with Gasteiger partial charge in [0.1, 0.15) is 10.1 Å². The molecule has 1 aliphatic rings. The normalized spacial score (nSPS) is 14.6. The van der Waals surface area contributed by atoms with Gasteiger partial charge in [-0.1, -0.05) is 48.2 Å². The molecule has 8 nitrogen and oxygen atoms in total. The average molecular weight is 495 g/mol. The minimum absolute atomic E-state index is 0.130. The molecule has 1 aromatic heterocycles. The van der Waals surface area contributed by atoms with Gasteiger partial charge in [-0.05, 0) is 41.5 Å². The molecule has 0 bridgehead atoms. The largest absolute Gasteiger partial charge is 0.497 e. The van der Waals surface area contributed by atoms with Crippen LogP contribution in [-0.2, 0) is 16.0 Å². The van der Waals surface area contributed by atoms with Gasteiger partial charge in [0, 0.05) is 25.6 Å². The summed E-state index contributed by atoms with van der Waals surface area (Å²) in [5.41, 5.74) is 2.53. The van der Waals surface area contributed by atoms with Gasteiger partial charge in [0.05, 0.1) is 18.4 Å². The van der Waals surface area contributed by atoms with E-state index in [1.165, 1.54) is 16.7 Å². The summed E-state index contributed by atoms with van der Waals surface area (Å²) in [7, 11) is 1.60. The molecule has 34 heavy (non-hydrogen) atoms. The number of benzene rings is 2. The lowest BCUT2D eigenvalue weighted by Gasteiger charge is -2.14. The Labute approximate surface area is 206 Å². The first kappa shape index (κ1) is 23.7. The molecular weight excluding hydrogens is 472 g/mol. The molecule has 0 spiro atoms. The molecule has 4 rings (SSSR count). The van der Waals surface area contributed by atoms with Gasteiger partial charge >= 0.3 is 0 Å². The highest BCUT2D eigenvalue weighted by atomic mass is 32.2. The first-order valence-electron chi connectivity index (χ1n) is 10.5. The lowest BCUT2D eigenvalue weighted by atomic mass is 10.1. The molecular formula is C24H22N4O4S2. The van der Waals surface area contributed by atoms with Gasteiger partial charge in [0.15, 0.2) is 0 Å². The number of thioether (sulfide) groups is 1. The number of thiocarbonyl (C=S) groups is 1. The fourth-order valence-corrected chi connectivity index (χ4v) is 4.58. The number of aromatic nitrogens is 2. The Hall–Kier alpha value is -3.50. The maximum Gasteiger partial charge on any atom is 0.266 e. The van der Waals surface area contributed by atoms with Gasteiger partial charge in [-0.3, -0.25) is 14.5 Å². The van der Waals surface area contributed by atoms with Crippen molar-refractivity contribution in [2.45, 2.75) is 19.8 Å². The molecule has 2 amide bonds. The molecule has 1 N–H and O–H groups in total. The van der Waals surface area contributed by atoms with Gasteiger partial charge in [-0.25, -0.2) is 0 Å². The summed E-state index contributed by atoms with van der Waals surface area (Å²) in [6.07, 6.45) is 2.44. The number of hydrogen-bond acceptors (Lipinski definition) is 8. The van der Waals surface area contributed by atoms with Crippen LogP contribution in [0.2, 0.25) is 0 Å². The second-order valence-electron chi connectivity index (χ2n) is 7.49. The monoisotopic (exact) mass is 494 g/mol. The first-order valence-corrected chi connectivity index (χ1v) is 11.7. The van der Waals surface area contributed by atoms with E-state index in [1.54, 1.807) is 20.1 Å². The molecule has 10 heteroatoms. The van der Waals surface area contributed by atoms with Crippen molar-refractivity contribution in [3.05, 3.63) is 76.3 Å². The molecule has 1 aliphatic heterocycles. The quantitative estimate of drug-likeness (QED) is 0.367. The lowest BCUT2D eigenvalue weighted by molar-refractivity contribution is -0.122. The van der Waals surface area contributed by atoms with Crippen molar-refractivity contribution >= 4 is 51.9 Å². The summed E-state index contributed by atoms with van der Waals surface area (Å²) in [6, 6.07) is 14.8. The molecule has 0 atom stereocenters. The molecule has 0 unspecified atom stereocenters. The summed E-state index contributed by atoms with van der Waals surface area (Å²) in [5, 5.41) is 10.6. The summed E-state index contributed by atoms with van der Waals surface area (Å²) < 4.78 is 11.0. The van der Waals surface area contributed by atoms with Crippen molar-refractivity contribution < 1.29 is 18.7 Å². The van der Waals surface area contributed by atoms with Crippen molar-refractivity contribution in [1.82, 2.24) is 15.1 Å². The molecule has 1 fully saturated rings. The third-order valence-corrected chi connectivity index (χ3v) is 6.39. The number of nitrogens with one attached hydrogen (secondary N) is 1. The third-order valence-electron chi connectivity index (χ3n) is 5.01. The molecule has 0 saturated carbocycles. The number of anilines is 1. The molecule has 1 saturated heterocycles. The van der Waals surface area contributed by atoms with Crippen molar-refractivity contribution in [3.63, 3.8) is 0 Å². The minimum atomic E-state index is -0.200. The Bertz CT molecular complexity index is 1240. The van der Waals surface area contributed by atoms with Gasteiger partial charge in [0.2, 0.25) is 17.7 Å². The number of carbonyl (C=O) groups is 2. The van der Waals surface area contributed by atoms with Gasteiger partial charge in [-0.2, -0.15) is 0 Å². The van der Waals surface area contributed by atoms with Crippen LogP contribution < -0.4 is 10.1 Å². The van der Waals surface area contributed by atoms with Crippen LogP contribution in [0.3, 0.4) is 0 Å². The van der Waals surface area contributed by atoms with Crippen LogP contribution in [-0.4, -0.2) is 44.9 Å². The van der Waals surface area contributed by atoms with Crippen LogP contribution in [0.5, 0.6) is 5.75 Å². The Kier molecular flexibility index (Phi) is 7.39. The number of rotatable bonds is 8. The standard InChI is InChI=1S/C24H22N4O4S2/c1-15-26-27-22(32-15)14-17-3-7-18(8-4-17)25-21(29)11-12-28-23(30)20(34-24(28)33)13-16-5-9-19(31-2)10-6-16/h3-10,13H,11-12,14H2,1-2H3,(H,25,29)/b20-13-. The molecule has 0 aliphatic carbocycles. The zero-order chi connectivity index (χ0) is 24.1. The maximum atomic E-state index is 12.8. The predicted octanol–water partition coefficient (Wildman–Crippen LogP) is 4.21. The Morgan fingerprint density at radius 3 is 2.56 bits per heavy atom. The second kappa shape index (κ2) is 10.6. The Balaban J connectivity index is 1.29. The summed E-state index contributed by atoms with van der Waals surface area (Å²) in [4.78, 5) is 27.2. The van der Waals surface area contributed by atoms with E-state index < -0.39 is 0 Å². The summed E-state index contributed by atoms with van der Waals surface area (Å²) >= 11 is 6.59. The number of amides is 2. The molecule has 3 aromatic rings. The first-order chi connectivity index (χ1) is 16.4. The third kappa shape index (κ3) is 5.89. The fraction of sp³-hybridized carbons (Fsp3) is 0.208. The molecule has 2 heterocycles. The zero-order valence-electron chi connectivity index (χ0n) is 18.6. The van der Waals surface area contributed by atoms with Gasteiger partial charge in [-0.15, -0.1) is 10.2 Å². The van der Waals surface area contributed by atoms with Crippen molar-refractivity contribution in [2.75, 3.05) is 19.0 Å². The van der Waals surface area contributed by atoms with Crippen LogP contribution >= 0.6 is 24.0 Å². The Morgan fingerprint density at radius 1 is 1.18 bits per heavy atom. The van der Waals surface area contributed by atoms with Gasteiger partial charge in [0.25, 0.3) is 5.91 Å². The minimum Gasteiger partial charge on any atom is -0.497 e. The Morgan fingerprint density at radius 2 is 1.91 bits per heavy atom. The van der Waals surface area contributed by atoms with E-state index in [1.807, 2.05) is 48.5 Å². The molecule has 2 aromatic carbocycles. The van der Waals surface area contributed by atoms with E-state index >= 15 is 0 Å². The van der Waals surface area contributed by atoms with Gasteiger partial charge < -0.3 is 14.5 Å². The van der Waals surface area contributed by atoms with E-state index in [4.69, 9.17) is 21.4 Å². The zero-order valence-corrected chi connectivity index (χ0v) is 20.2. The maximum absolute atomic E-state index is 12.8. The van der Waals surface area contributed by atoms with Crippen LogP contribution in [0.4, 0.5) is 5.69 Å². The molecule has 174 valence electrons. The number of carbonyl (C=O) groups excluding carboxylic acids is 2. The van der Waals surface area contributed by atoms with Crippen LogP contribution in [0, 0.1) is 6.92 Å². The predicted molar refractivity (Wildman–Crippen MR) is 134 cm³/mol. The highest BCUT2D eigenvalue weighted by Crippen LogP contribution is 2.32.